The lowest BCUT2D eigenvalue weighted by molar-refractivity contribution is -0.136. The van der Waals surface area contributed by atoms with Gasteiger partial charge in [-0.25, -0.2) is 8.42 Å². The highest BCUT2D eigenvalue weighted by Crippen LogP contribution is 2.38. The number of thiophene rings is 1. The fourth-order valence-corrected chi connectivity index (χ4v) is 7.21. The first kappa shape index (κ1) is 20.1. The fraction of sp³-hybridized carbons (Fsp3) is 0.706. The average molecular weight is 420 g/mol. The number of amides is 1. The van der Waals surface area contributed by atoms with E-state index in [-0.39, 0.29) is 18.3 Å². The minimum Gasteiger partial charge on any atom is -0.341 e. The highest BCUT2D eigenvalue weighted by atomic mass is 35.5. The largest absolute Gasteiger partial charge is 0.341 e. The molecule has 1 unspecified atom stereocenters. The Labute approximate surface area is 165 Å². The summed E-state index contributed by atoms with van der Waals surface area (Å²) in [6.45, 7) is 4.08. The van der Waals surface area contributed by atoms with Crippen molar-refractivity contribution in [1.29, 1.82) is 0 Å². The van der Waals surface area contributed by atoms with Crippen LogP contribution in [0, 0.1) is 5.41 Å². The van der Waals surface area contributed by atoms with Crippen molar-refractivity contribution in [3.05, 3.63) is 17.5 Å². The summed E-state index contributed by atoms with van der Waals surface area (Å²) in [5.41, 5.74) is 0.356. The van der Waals surface area contributed by atoms with Crippen molar-refractivity contribution in [2.24, 2.45) is 5.41 Å². The van der Waals surface area contributed by atoms with Gasteiger partial charge in [0.05, 0.1) is 0 Å². The molecule has 6 nitrogen and oxygen atoms in total. The van der Waals surface area contributed by atoms with Crippen LogP contribution < -0.4 is 5.32 Å². The van der Waals surface area contributed by atoms with Gasteiger partial charge in [0.1, 0.15) is 10.3 Å². The Morgan fingerprint density at radius 1 is 1.23 bits per heavy atom. The Kier molecular flexibility index (Phi) is 5.99. The Morgan fingerprint density at radius 2 is 2.00 bits per heavy atom. The zero-order valence-electron chi connectivity index (χ0n) is 14.7. The number of rotatable bonds is 3. The molecule has 0 aromatic carbocycles. The number of carbonyl (C=O) groups excluding carboxylic acids is 1. The molecule has 3 aliphatic heterocycles. The van der Waals surface area contributed by atoms with Gasteiger partial charge in [-0.2, -0.15) is 4.31 Å². The van der Waals surface area contributed by atoms with E-state index in [9.17, 15) is 13.2 Å². The Morgan fingerprint density at radius 3 is 2.62 bits per heavy atom. The van der Waals surface area contributed by atoms with Crippen LogP contribution >= 0.6 is 23.7 Å². The van der Waals surface area contributed by atoms with Gasteiger partial charge in [0.15, 0.2) is 0 Å². The van der Waals surface area contributed by atoms with Gasteiger partial charge >= 0.3 is 0 Å². The Bertz CT molecular complexity index is 722. The summed E-state index contributed by atoms with van der Waals surface area (Å²) in [6.07, 6.45) is 4.62. The van der Waals surface area contributed by atoms with E-state index in [4.69, 9.17) is 0 Å². The first-order valence-electron chi connectivity index (χ1n) is 9.07. The predicted molar refractivity (Wildman–Crippen MR) is 104 cm³/mol. The molecule has 1 amide bonds. The van der Waals surface area contributed by atoms with Crippen molar-refractivity contribution in [2.45, 2.75) is 42.4 Å². The number of hydrogen-bond acceptors (Lipinski definition) is 5. The summed E-state index contributed by atoms with van der Waals surface area (Å²) in [5.74, 6) is -0.00145. The second-order valence-corrected chi connectivity index (χ2v) is 10.5. The van der Waals surface area contributed by atoms with E-state index in [1.807, 2.05) is 4.90 Å². The molecule has 0 saturated carbocycles. The molecule has 1 N–H and O–H groups in total. The predicted octanol–water partition coefficient (Wildman–Crippen LogP) is 1.93. The lowest BCUT2D eigenvalue weighted by atomic mass is 9.78. The third-order valence-electron chi connectivity index (χ3n) is 6.01. The molecule has 146 valence electrons. The van der Waals surface area contributed by atoms with Crippen molar-refractivity contribution in [3.8, 4) is 0 Å². The van der Waals surface area contributed by atoms with E-state index < -0.39 is 16.1 Å². The smallest absolute Gasteiger partial charge is 0.253 e. The zero-order valence-corrected chi connectivity index (χ0v) is 17.2. The molecular weight excluding hydrogens is 394 g/mol. The zero-order chi connectivity index (χ0) is 17.5. The van der Waals surface area contributed by atoms with Crippen molar-refractivity contribution in [2.75, 3.05) is 32.7 Å². The molecule has 1 aromatic rings. The molecule has 9 heteroatoms. The van der Waals surface area contributed by atoms with Crippen molar-refractivity contribution in [1.82, 2.24) is 14.5 Å². The molecule has 3 aliphatic rings. The monoisotopic (exact) mass is 419 g/mol. The van der Waals surface area contributed by atoms with Gasteiger partial charge < -0.3 is 10.2 Å². The molecule has 1 aromatic heterocycles. The highest BCUT2D eigenvalue weighted by molar-refractivity contribution is 7.91. The molecule has 3 fully saturated rings. The lowest BCUT2D eigenvalue weighted by Gasteiger charge is -2.40. The summed E-state index contributed by atoms with van der Waals surface area (Å²) >= 11 is 1.22. The maximum atomic E-state index is 13.0. The van der Waals surface area contributed by atoms with Gasteiger partial charge in [0.2, 0.25) is 5.91 Å². The van der Waals surface area contributed by atoms with Crippen molar-refractivity contribution >= 4 is 39.7 Å². The molecule has 0 bridgehead atoms. The average Bonchev–Trinajstić information content (AvgIpc) is 3.36. The van der Waals surface area contributed by atoms with Crippen LogP contribution in [0.2, 0.25) is 0 Å². The topological polar surface area (TPSA) is 69.7 Å². The van der Waals surface area contributed by atoms with E-state index in [2.05, 4.69) is 5.32 Å². The lowest BCUT2D eigenvalue weighted by Crippen LogP contribution is -2.51. The third-order valence-corrected chi connectivity index (χ3v) is 9.30. The summed E-state index contributed by atoms with van der Waals surface area (Å²) in [4.78, 5) is 14.9. The number of nitrogens with zero attached hydrogens (tertiary/aromatic N) is 2. The summed E-state index contributed by atoms with van der Waals surface area (Å²) in [5, 5.41) is 5.20. The van der Waals surface area contributed by atoms with E-state index in [1.165, 1.54) is 22.1 Å². The molecule has 3 saturated heterocycles. The van der Waals surface area contributed by atoms with Gasteiger partial charge in [0, 0.05) is 26.2 Å². The number of carbonyl (C=O) groups is 1. The number of hydrogen-bond donors (Lipinski definition) is 1. The molecule has 4 rings (SSSR count). The highest BCUT2D eigenvalue weighted by Gasteiger charge is 2.44. The minimum absolute atomic E-state index is 0. The second-order valence-electron chi connectivity index (χ2n) is 7.46. The number of piperidine rings is 1. The van der Waals surface area contributed by atoms with Crippen LogP contribution in [0.3, 0.4) is 0 Å². The van der Waals surface area contributed by atoms with Crippen LogP contribution in [-0.2, 0) is 14.8 Å². The first-order valence-corrected chi connectivity index (χ1v) is 11.4. The fourth-order valence-electron chi connectivity index (χ4n) is 4.43. The third kappa shape index (κ3) is 3.54. The molecule has 0 radical (unpaired) electrons. The van der Waals surface area contributed by atoms with Gasteiger partial charge in [-0.15, -0.1) is 23.7 Å². The van der Waals surface area contributed by atoms with Gasteiger partial charge in [-0.3, -0.25) is 4.79 Å². The van der Waals surface area contributed by atoms with Gasteiger partial charge in [-0.1, -0.05) is 6.07 Å². The SMILES string of the molecule is Cl.O=C(C1CCCN1S(=O)(=O)c1cccs1)N1CCC2(CCNC2)CC1. The van der Waals surface area contributed by atoms with E-state index in [1.54, 1.807) is 17.5 Å². The normalized spacial score (nSPS) is 26.2. The van der Waals surface area contributed by atoms with Gasteiger partial charge in [-0.05, 0) is 55.5 Å². The number of likely N-dealkylation sites (tertiary alicyclic amines) is 1. The Balaban J connectivity index is 0.00000196. The summed E-state index contributed by atoms with van der Waals surface area (Å²) < 4.78 is 27.5. The van der Waals surface area contributed by atoms with Crippen LogP contribution in [-0.4, -0.2) is 62.3 Å². The minimum atomic E-state index is -3.56. The van der Waals surface area contributed by atoms with Crippen LogP contribution in [0.25, 0.3) is 0 Å². The van der Waals surface area contributed by atoms with E-state index in [0.29, 0.717) is 22.6 Å². The van der Waals surface area contributed by atoms with Crippen LogP contribution in [0.15, 0.2) is 21.7 Å². The molecule has 1 atom stereocenters. The van der Waals surface area contributed by atoms with E-state index >= 15 is 0 Å². The first-order chi connectivity index (χ1) is 12.0. The van der Waals surface area contributed by atoms with Crippen LogP contribution in [0.1, 0.15) is 32.1 Å². The number of halogens is 1. The quantitative estimate of drug-likeness (QED) is 0.812. The molecule has 1 spiro atoms. The molecule has 4 heterocycles. The van der Waals surface area contributed by atoms with Crippen molar-refractivity contribution in [3.63, 3.8) is 0 Å². The van der Waals surface area contributed by atoms with Crippen LogP contribution in [0.5, 0.6) is 0 Å². The summed E-state index contributed by atoms with van der Waals surface area (Å²) in [7, 11) is -3.56. The maximum absolute atomic E-state index is 13.0. The molecular formula is C17H26ClN3O3S2. The number of nitrogens with one attached hydrogen (secondary N) is 1. The molecule has 0 aliphatic carbocycles. The number of sulfonamides is 1. The Hall–Kier alpha value is -0.670. The second kappa shape index (κ2) is 7.75. The maximum Gasteiger partial charge on any atom is 0.253 e. The molecule has 26 heavy (non-hydrogen) atoms. The summed E-state index contributed by atoms with van der Waals surface area (Å²) in [6, 6.07) is 2.84. The van der Waals surface area contributed by atoms with Crippen LogP contribution in [0.4, 0.5) is 0 Å². The van der Waals surface area contributed by atoms with Gasteiger partial charge in [0.25, 0.3) is 10.0 Å². The standard InChI is InChI=1S/C17H25N3O3S2.ClH/c21-16(19-10-6-17(7-11-19)5-8-18-13-17)14-3-1-9-20(14)25(22,23)15-4-2-12-24-15;/h2,4,12,14,18H,1,3,5-11,13H2;1H. The van der Waals surface area contributed by atoms with E-state index in [0.717, 1.165) is 45.4 Å². The van der Waals surface area contributed by atoms with Crippen molar-refractivity contribution < 1.29 is 13.2 Å².